The summed E-state index contributed by atoms with van der Waals surface area (Å²) in [7, 11) is 1.19. The summed E-state index contributed by atoms with van der Waals surface area (Å²) in [5.74, 6) is -1.40. The molecule has 2 N–H and O–H groups in total. The number of carbonyl (C=O) groups is 2. The lowest BCUT2D eigenvalue weighted by molar-refractivity contribution is -0.144. The first-order valence-electron chi connectivity index (χ1n) is 4.44. The predicted molar refractivity (Wildman–Crippen MR) is 63.2 cm³/mol. The number of nitrogen functional groups attached to an aromatic ring is 1. The van der Waals surface area contributed by atoms with Gasteiger partial charge in [0.15, 0.2) is 6.61 Å². The number of carbonyl (C=O) groups excluding carboxylic acids is 2. The van der Waals surface area contributed by atoms with Gasteiger partial charge in [0.05, 0.1) is 28.4 Å². The largest absolute Gasteiger partial charge is 0.466 e. The Kier molecular flexibility index (Phi) is 4.60. The zero-order chi connectivity index (χ0) is 13.0. The molecular formula is C10H9Cl2NO4. The van der Waals surface area contributed by atoms with Crippen molar-refractivity contribution in [3.8, 4) is 0 Å². The van der Waals surface area contributed by atoms with E-state index in [-0.39, 0.29) is 21.3 Å². The van der Waals surface area contributed by atoms with Gasteiger partial charge in [0.1, 0.15) is 0 Å². The molecule has 0 amide bonds. The summed E-state index contributed by atoms with van der Waals surface area (Å²) in [4.78, 5) is 22.3. The Labute approximate surface area is 107 Å². The second kappa shape index (κ2) is 5.75. The van der Waals surface area contributed by atoms with E-state index in [1.54, 1.807) is 0 Å². The molecule has 0 bridgehead atoms. The molecule has 0 aromatic heterocycles. The van der Waals surface area contributed by atoms with Crippen molar-refractivity contribution in [3.05, 3.63) is 27.7 Å². The van der Waals surface area contributed by atoms with Crippen LogP contribution in [0.15, 0.2) is 12.1 Å². The minimum absolute atomic E-state index is 0.112. The summed E-state index contributed by atoms with van der Waals surface area (Å²) in [6, 6.07) is 2.62. The van der Waals surface area contributed by atoms with E-state index in [9.17, 15) is 9.59 Å². The molecule has 0 unspecified atom stereocenters. The standard InChI is InChI=1S/C10H9Cl2NO4/c1-16-8(14)4-17-10(15)5-2-6(11)9(12)7(13)3-5/h2-3H,4,13H2,1H3. The maximum absolute atomic E-state index is 11.5. The van der Waals surface area contributed by atoms with Crippen LogP contribution in [0.1, 0.15) is 10.4 Å². The first-order chi connectivity index (χ1) is 7.95. The maximum Gasteiger partial charge on any atom is 0.344 e. The quantitative estimate of drug-likeness (QED) is 0.674. The summed E-state index contributed by atoms with van der Waals surface area (Å²) in [5.41, 5.74) is 5.79. The van der Waals surface area contributed by atoms with Gasteiger partial charge < -0.3 is 15.2 Å². The van der Waals surface area contributed by atoms with E-state index < -0.39 is 18.5 Å². The molecule has 17 heavy (non-hydrogen) atoms. The summed E-state index contributed by atoms with van der Waals surface area (Å²) in [6.45, 7) is -0.477. The van der Waals surface area contributed by atoms with Gasteiger partial charge >= 0.3 is 11.9 Å². The fraction of sp³-hybridized carbons (Fsp3) is 0.200. The third kappa shape index (κ3) is 3.51. The summed E-state index contributed by atoms with van der Waals surface area (Å²) in [5, 5.41) is 0.299. The lowest BCUT2D eigenvalue weighted by atomic mass is 10.2. The van der Waals surface area contributed by atoms with Crippen LogP contribution in [0.5, 0.6) is 0 Å². The molecule has 1 aromatic carbocycles. The van der Waals surface area contributed by atoms with Crippen molar-refractivity contribution in [2.24, 2.45) is 0 Å². The highest BCUT2D eigenvalue weighted by Gasteiger charge is 2.14. The van der Waals surface area contributed by atoms with Gasteiger partial charge in [-0.1, -0.05) is 23.2 Å². The van der Waals surface area contributed by atoms with Gasteiger partial charge in [0.2, 0.25) is 0 Å². The highest BCUT2D eigenvalue weighted by Crippen LogP contribution is 2.29. The van der Waals surface area contributed by atoms with Crippen molar-refractivity contribution in [2.45, 2.75) is 0 Å². The Bertz CT molecular complexity index is 439. The highest BCUT2D eigenvalue weighted by atomic mass is 35.5. The first-order valence-corrected chi connectivity index (χ1v) is 5.19. The van der Waals surface area contributed by atoms with Crippen LogP contribution >= 0.6 is 23.2 Å². The van der Waals surface area contributed by atoms with Crippen molar-refractivity contribution in [2.75, 3.05) is 19.5 Å². The Balaban J connectivity index is 2.80. The average Bonchev–Trinajstić information content (AvgIpc) is 2.31. The Morgan fingerprint density at radius 3 is 2.53 bits per heavy atom. The van der Waals surface area contributed by atoms with Crippen LogP contribution in [0.2, 0.25) is 10.0 Å². The summed E-state index contributed by atoms with van der Waals surface area (Å²) < 4.78 is 8.97. The molecule has 0 aliphatic heterocycles. The number of benzene rings is 1. The van der Waals surface area contributed by atoms with Crippen molar-refractivity contribution in [3.63, 3.8) is 0 Å². The van der Waals surface area contributed by atoms with Gasteiger partial charge in [0, 0.05) is 0 Å². The van der Waals surface area contributed by atoms with Crippen LogP contribution in [-0.4, -0.2) is 25.7 Å². The van der Waals surface area contributed by atoms with E-state index in [1.807, 2.05) is 0 Å². The van der Waals surface area contributed by atoms with Crippen molar-refractivity contribution in [1.82, 2.24) is 0 Å². The number of ether oxygens (including phenoxy) is 2. The molecule has 7 heteroatoms. The highest BCUT2D eigenvalue weighted by molar-refractivity contribution is 6.43. The van der Waals surface area contributed by atoms with Crippen molar-refractivity contribution < 1.29 is 19.1 Å². The van der Waals surface area contributed by atoms with Crippen LogP contribution in [0, 0.1) is 0 Å². The number of halogens is 2. The van der Waals surface area contributed by atoms with Gasteiger partial charge in [-0.15, -0.1) is 0 Å². The Hall–Kier alpha value is -1.46. The maximum atomic E-state index is 11.5. The average molecular weight is 278 g/mol. The number of hydrogen-bond donors (Lipinski definition) is 1. The molecule has 0 fully saturated rings. The molecule has 0 radical (unpaired) electrons. The number of nitrogens with two attached hydrogens (primary N) is 1. The molecule has 0 spiro atoms. The van der Waals surface area contributed by atoms with Gasteiger partial charge in [-0.3, -0.25) is 0 Å². The smallest absolute Gasteiger partial charge is 0.344 e. The predicted octanol–water partition coefficient (Wildman–Crippen LogP) is 1.91. The van der Waals surface area contributed by atoms with E-state index in [2.05, 4.69) is 9.47 Å². The van der Waals surface area contributed by atoms with Gasteiger partial charge in [0.25, 0.3) is 0 Å². The lowest BCUT2D eigenvalue weighted by Gasteiger charge is -2.06. The van der Waals surface area contributed by atoms with Crippen LogP contribution in [0.3, 0.4) is 0 Å². The molecule has 0 aliphatic rings. The molecule has 0 saturated carbocycles. The monoisotopic (exact) mass is 277 g/mol. The first kappa shape index (κ1) is 13.6. The minimum atomic E-state index is -0.735. The van der Waals surface area contributed by atoms with E-state index in [0.717, 1.165) is 0 Å². The Morgan fingerprint density at radius 1 is 1.35 bits per heavy atom. The van der Waals surface area contributed by atoms with E-state index in [0.29, 0.717) is 0 Å². The van der Waals surface area contributed by atoms with Crippen LogP contribution < -0.4 is 5.73 Å². The third-order valence-corrected chi connectivity index (χ3v) is 2.66. The number of hydrogen-bond acceptors (Lipinski definition) is 5. The fourth-order valence-corrected chi connectivity index (χ4v) is 1.33. The second-order valence-electron chi connectivity index (χ2n) is 3.01. The van der Waals surface area contributed by atoms with Crippen molar-refractivity contribution >= 4 is 40.8 Å². The fourth-order valence-electron chi connectivity index (χ4n) is 0.995. The molecule has 1 aromatic rings. The number of anilines is 1. The lowest BCUT2D eigenvalue weighted by Crippen LogP contribution is -2.15. The molecular weight excluding hydrogens is 269 g/mol. The summed E-state index contributed by atoms with van der Waals surface area (Å²) >= 11 is 11.5. The number of rotatable bonds is 3. The SMILES string of the molecule is COC(=O)COC(=O)c1cc(N)c(Cl)c(Cl)c1. The van der Waals surface area contributed by atoms with Gasteiger partial charge in [-0.05, 0) is 12.1 Å². The van der Waals surface area contributed by atoms with Crippen molar-refractivity contribution in [1.29, 1.82) is 0 Å². The second-order valence-corrected chi connectivity index (χ2v) is 3.80. The third-order valence-electron chi connectivity index (χ3n) is 1.84. The van der Waals surface area contributed by atoms with Crippen LogP contribution in [0.25, 0.3) is 0 Å². The molecule has 0 aliphatic carbocycles. The zero-order valence-electron chi connectivity index (χ0n) is 8.83. The van der Waals surface area contributed by atoms with Gasteiger partial charge in [-0.2, -0.15) is 0 Å². The van der Waals surface area contributed by atoms with Crippen LogP contribution in [0.4, 0.5) is 5.69 Å². The molecule has 0 saturated heterocycles. The number of esters is 2. The normalized spacial score (nSPS) is 9.82. The molecule has 0 atom stereocenters. The van der Waals surface area contributed by atoms with E-state index in [4.69, 9.17) is 28.9 Å². The molecule has 92 valence electrons. The topological polar surface area (TPSA) is 78.6 Å². The van der Waals surface area contributed by atoms with Gasteiger partial charge in [-0.25, -0.2) is 9.59 Å². The Morgan fingerprint density at radius 2 is 2.00 bits per heavy atom. The minimum Gasteiger partial charge on any atom is -0.466 e. The molecule has 0 heterocycles. The molecule has 5 nitrogen and oxygen atoms in total. The number of methoxy groups -OCH3 is 1. The van der Waals surface area contributed by atoms with E-state index in [1.165, 1.54) is 19.2 Å². The molecule has 1 rings (SSSR count). The summed E-state index contributed by atoms with van der Waals surface area (Å²) in [6.07, 6.45) is 0. The zero-order valence-corrected chi connectivity index (χ0v) is 10.3. The van der Waals surface area contributed by atoms with Crippen LogP contribution in [-0.2, 0) is 14.3 Å². The van der Waals surface area contributed by atoms with E-state index >= 15 is 0 Å².